The Hall–Kier alpha value is -4.24. The van der Waals surface area contributed by atoms with Crippen molar-refractivity contribution in [2.75, 3.05) is 24.6 Å². The van der Waals surface area contributed by atoms with Gasteiger partial charge in [-0.05, 0) is 63.6 Å². The van der Waals surface area contributed by atoms with Crippen molar-refractivity contribution in [2.45, 2.75) is 72.6 Å². The SMILES string of the molecule is Cc1ncc(-c2ccc(OCCn3cc(-c4ccccc4)cn3)cn2)c(N2CCC(C)(C)CC2)c1C(OC(C)(C)C)C(=O)O. The van der Waals surface area contributed by atoms with Crippen molar-refractivity contribution in [1.29, 1.82) is 0 Å². The fraction of sp³-hybridized carbons (Fsp3) is 0.429. The van der Waals surface area contributed by atoms with Crippen molar-refractivity contribution in [2.24, 2.45) is 5.41 Å². The van der Waals surface area contributed by atoms with Crippen LogP contribution in [0.2, 0.25) is 0 Å². The Balaban J connectivity index is 1.39. The first-order valence-electron chi connectivity index (χ1n) is 15.2. The number of hydrogen-bond donors (Lipinski definition) is 1. The van der Waals surface area contributed by atoms with E-state index in [1.807, 2.05) is 75.1 Å². The lowest BCUT2D eigenvalue weighted by molar-refractivity contribution is -0.160. The normalized spacial score (nSPS) is 15.6. The molecule has 44 heavy (non-hydrogen) atoms. The lowest BCUT2D eigenvalue weighted by Crippen LogP contribution is -2.39. The summed E-state index contributed by atoms with van der Waals surface area (Å²) in [6, 6.07) is 14.0. The third-order valence-corrected chi connectivity index (χ3v) is 8.02. The van der Waals surface area contributed by atoms with Gasteiger partial charge in [-0.2, -0.15) is 5.10 Å². The molecule has 4 heterocycles. The average Bonchev–Trinajstić information content (AvgIpc) is 3.45. The largest absolute Gasteiger partial charge is 0.490 e. The number of pyridine rings is 2. The number of hydrogen-bond acceptors (Lipinski definition) is 7. The van der Waals surface area contributed by atoms with Gasteiger partial charge in [-0.3, -0.25) is 14.6 Å². The molecule has 1 fully saturated rings. The fourth-order valence-corrected chi connectivity index (χ4v) is 5.52. The third kappa shape index (κ3) is 7.45. The van der Waals surface area contributed by atoms with Crippen LogP contribution in [0.4, 0.5) is 5.69 Å². The Labute approximate surface area is 259 Å². The van der Waals surface area contributed by atoms with Crippen molar-refractivity contribution in [1.82, 2.24) is 19.7 Å². The molecule has 5 rings (SSSR count). The molecule has 0 saturated carbocycles. The van der Waals surface area contributed by atoms with Crippen LogP contribution in [0.5, 0.6) is 5.75 Å². The third-order valence-electron chi connectivity index (χ3n) is 8.02. The second-order valence-electron chi connectivity index (χ2n) is 13.2. The molecule has 9 nitrogen and oxygen atoms in total. The molecule has 0 aliphatic carbocycles. The molecule has 1 aliphatic heterocycles. The highest BCUT2D eigenvalue weighted by molar-refractivity contribution is 5.85. The number of ether oxygens (including phenoxy) is 2. The summed E-state index contributed by atoms with van der Waals surface area (Å²) >= 11 is 0. The summed E-state index contributed by atoms with van der Waals surface area (Å²) in [5, 5.41) is 14.8. The summed E-state index contributed by atoms with van der Waals surface area (Å²) in [5.41, 5.74) is 5.29. The van der Waals surface area contributed by atoms with E-state index in [0.717, 1.165) is 48.3 Å². The quantitative estimate of drug-likeness (QED) is 0.209. The van der Waals surface area contributed by atoms with E-state index in [4.69, 9.17) is 14.5 Å². The Bertz CT molecular complexity index is 1570. The number of carboxylic acid groups (broad SMARTS) is 1. The smallest absolute Gasteiger partial charge is 0.337 e. The van der Waals surface area contributed by atoms with Gasteiger partial charge in [0.05, 0.1) is 35.9 Å². The first-order valence-corrected chi connectivity index (χ1v) is 15.2. The summed E-state index contributed by atoms with van der Waals surface area (Å²) < 4.78 is 14.0. The van der Waals surface area contributed by atoms with Gasteiger partial charge in [0.15, 0.2) is 6.10 Å². The predicted molar refractivity (Wildman–Crippen MR) is 172 cm³/mol. The monoisotopic (exact) mass is 597 g/mol. The standard InChI is InChI=1S/C35H43N5O4/c1-24-30(32(33(41)42)44-34(2,3)4)31(39-16-14-35(5,6)15-17-39)28(22-36-24)29-13-12-27(21-37-29)43-19-18-40-23-26(20-38-40)25-10-8-7-9-11-25/h7-13,20-23,32H,14-19H2,1-6H3,(H,41,42). The van der Waals surface area contributed by atoms with E-state index >= 15 is 0 Å². The van der Waals surface area contributed by atoms with Crippen LogP contribution in [0, 0.1) is 12.3 Å². The van der Waals surface area contributed by atoms with E-state index in [-0.39, 0.29) is 5.41 Å². The van der Waals surface area contributed by atoms with Crippen LogP contribution in [0.1, 0.15) is 64.8 Å². The van der Waals surface area contributed by atoms with Crippen molar-refractivity contribution in [3.8, 4) is 28.1 Å². The molecule has 3 aromatic heterocycles. The minimum Gasteiger partial charge on any atom is -0.490 e. The van der Waals surface area contributed by atoms with E-state index in [2.05, 4.69) is 41.0 Å². The molecule has 1 aromatic carbocycles. The van der Waals surface area contributed by atoms with Gasteiger partial charge in [0.25, 0.3) is 0 Å². The van der Waals surface area contributed by atoms with E-state index in [0.29, 0.717) is 35.9 Å². The Kier molecular flexibility index (Phi) is 9.06. The maximum Gasteiger partial charge on any atom is 0.337 e. The number of piperidine rings is 1. The molecular formula is C35H43N5O4. The van der Waals surface area contributed by atoms with Gasteiger partial charge in [0.1, 0.15) is 12.4 Å². The van der Waals surface area contributed by atoms with Gasteiger partial charge in [-0.25, -0.2) is 4.79 Å². The summed E-state index contributed by atoms with van der Waals surface area (Å²) in [5.74, 6) is -0.393. The number of aryl methyl sites for hydroxylation is 1. The molecule has 1 N–H and O–H groups in total. The highest BCUT2D eigenvalue weighted by Crippen LogP contribution is 2.43. The van der Waals surface area contributed by atoms with E-state index < -0.39 is 17.7 Å². The molecule has 0 radical (unpaired) electrons. The van der Waals surface area contributed by atoms with Gasteiger partial charge < -0.3 is 19.5 Å². The molecule has 1 unspecified atom stereocenters. The van der Waals surface area contributed by atoms with Gasteiger partial charge >= 0.3 is 5.97 Å². The zero-order valence-electron chi connectivity index (χ0n) is 26.6. The number of benzene rings is 1. The summed E-state index contributed by atoms with van der Waals surface area (Å²) in [7, 11) is 0. The zero-order valence-corrected chi connectivity index (χ0v) is 26.6. The molecule has 9 heteroatoms. The molecule has 232 valence electrons. The second kappa shape index (κ2) is 12.8. The molecule has 0 amide bonds. The van der Waals surface area contributed by atoms with Gasteiger partial charge in [-0.1, -0.05) is 44.2 Å². The summed E-state index contributed by atoms with van der Waals surface area (Å²) in [6.07, 6.45) is 8.20. The second-order valence-corrected chi connectivity index (χ2v) is 13.2. The first kappa shape index (κ1) is 31.2. The van der Waals surface area contributed by atoms with Gasteiger partial charge in [0.2, 0.25) is 0 Å². The number of aromatic nitrogens is 4. The number of carboxylic acids is 1. The average molecular weight is 598 g/mol. The Morgan fingerprint density at radius 3 is 2.36 bits per heavy atom. The van der Waals surface area contributed by atoms with Crippen molar-refractivity contribution >= 4 is 11.7 Å². The number of nitrogens with zero attached hydrogens (tertiary/aromatic N) is 5. The zero-order chi connectivity index (χ0) is 31.5. The van der Waals surface area contributed by atoms with Crippen LogP contribution >= 0.6 is 0 Å². The lowest BCUT2D eigenvalue weighted by atomic mass is 9.82. The first-order chi connectivity index (χ1) is 20.9. The van der Waals surface area contributed by atoms with Crippen molar-refractivity contribution < 1.29 is 19.4 Å². The number of aliphatic carboxylic acids is 1. The van der Waals surface area contributed by atoms with Crippen LogP contribution < -0.4 is 9.64 Å². The molecule has 1 saturated heterocycles. The molecule has 1 aliphatic rings. The Morgan fingerprint density at radius 1 is 1.00 bits per heavy atom. The maximum absolute atomic E-state index is 12.6. The fourth-order valence-electron chi connectivity index (χ4n) is 5.52. The number of anilines is 1. The summed E-state index contributed by atoms with van der Waals surface area (Å²) in [6.45, 7) is 14.7. The van der Waals surface area contributed by atoms with Crippen LogP contribution in [-0.2, 0) is 16.1 Å². The van der Waals surface area contributed by atoms with Gasteiger partial charge in [-0.15, -0.1) is 0 Å². The predicted octanol–water partition coefficient (Wildman–Crippen LogP) is 6.96. The molecule has 4 aromatic rings. The minimum absolute atomic E-state index is 0.226. The van der Waals surface area contributed by atoms with Crippen LogP contribution in [0.25, 0.3) is 22.4 Å². The van der Waals surface area contributed by atoms with Gasteiger partial charge in [0, 0.05) is 47.9 Å². The number of carbonyl (C=O) groups is 1. The van der Waals surface area contributed by atoms with E-state index in [1.54, 1.807) is 12.4 Å². The van der Waals surface area contributed by atoms with E-state index in [1.165, 1.54) is 0 Å². The van der Waals surface area contributed by atoms with E-state index in [9.17, 15) is 9.90 Å². The highest BCUT2D eigenvalue weighted by atomic mass is 16.5. The van der Waals surface area contributed by atoms with Crippen molar-refractivity contribution in [3.63, 3.8) is 0 Å². The molecule has 0 spiro atoms. The topological polar surface area (TPSA) is 103 Å². The molecule has 0 bridgehead atoms. The van der Waals surface area contributed by atoms with Crippen LogP contribution in [-0.4, -0.2) is 56.1 Å². The summed E-state index contributed by atoms with van der Waals surface area (Å²) in [4.78, 5) is 24.3. The minimum atomic E-state index is -1.17. The maximum atomic E-state index is 12.6. The highest BCUT2D eigenvalue weighted by Gasteiger charge is 2.36. The van der Waals surface area contributed by atoms with Crippen LogP contribution in [0.15, 0.2) is 67.3 Å². The van der Waals surface area contributed by atoms with Crippen molar-refractivity contribution in [3.05, 3.63) is 78.5 Å². The molecular weight excluding hydrogens is 554 g/mol. The molecule has 1 atom stereocenters. The van der Waals surface area contributed by atoms with Crippen LogP contribution in [0.3, 0.4) is 0 Å². The Morgan fingerprint density at radius 2 is 1.73 bits per heavy atom. The number of rotatable bonds is 10. The lowest BCUT2D eigenvalue weighted by Gasteiger charge is -2.40.